The number of aromatic amines is 1. The molecule has 1 aromatic carbocycles. The van der Waals surface area contributed by atoms with Gasteiger partial charge in [-0.05, 0) is 44.7 Å². The summed E-state index contributed by atoms with van der Waals surface area (Å²) >= 11 is 0. The summed E-state index contributed by atoms with van der Waals surface area (Å²) < 4.78 is 0. The third-order valence-corrected chi connectivity index (χ3v) is 4.60. The smallest absolute Gasteiger partial charge is 0.240 e. The highest BCUT2D eigenvalue weighted by Crippen LogP contribution is 2.29. The maximum atomic E-state index is 12.6. The number of H-pyrrole nitrogens is 1. The van der Waals surface area contributed by atoms with Gasteiger partial charge in [0.15, 0.2) is 0 Å². The minimum Gasteiger partial charge on any atom is -0.361 e. The van der Waals surface area contributed by atoms with Crippen molar-refractivity contribution < 1.29 is 4.79 Å². The second-order valence-corrected chi connectivity index (χ2v) is 6.58. The third-order valence-electron chi connectivity index (χ3n) is 4.60. The molecule has 0 saturated carbocycles. The molecule has 1 fully saturated rings. The van der Waals surface area contributed by atoms with Crippen LogP contribution in [0.4, 0.5) is 0 Å². The summed E-state index contributed by atoms with van der Waals surface area (Å²) in [6.45, 7) is 5.07. The quantitative estimate of drug-likeness (QED) is 0.910. The number of hydrogen-bond acceptors (Lipinski definition) is 2. The van der Waals surface area contributed by atoms with Gasteiger partial charge in [-0.15, -0.1) is 0 Å². The molecule has 3 N–H and O–H groups in total. The van der Waals surface area contributed by atoms with Gasteiger partial charge >= 0.3 is 0 Å². The molecule has 1 aromatic heterocycles. The summed E-state index contributed by atoms with van der Waals surface area (Å²) in [6, 6.07) is 7.65. The predicted octanol–water partition coefficient (Wildman–Crippen LogP) is 2.44. The molecule has 2 heterocycles. The van der Waals surface area contributed by atoms with Gasteiger partial charge < -0.3 is 15.6 Å². The van der Waals surface area contributed by atoms with Crippen LogP contribution in [-0.2, 0) is 11.2 Å². The third kappa shape index (κ3) is 2.56. The lowest BCUT2D eigenvalue weighted by Gasteiger charge is -2.33. The standard InChI is InChI=1S/C17H23N3O/c1-17(2)8-5-9-20(17)16(21)14(18)10-12-11-19-15-7-4-3-6-13(12)15/h3-4,6-7,11,14,19H,5,8-10,18H2,1-2H3/t14-/m0/s1. The highest BCUT2D eigenvalue weighted by atomic mass is 16.2. The van der Waals surface area contributed by atoms with E-state index in [-0.39, 0.29) is 11.4 Å². The first-order valence-electron chi connectivity index (χ1n) is 7.61. The van der Waals surface area contributed by atoms with Crippen LogP contribution < -0.4 is 5.73 Å². The molecule has 3 rings (SSSR count). The van der Waals surface area contributed by atoms with Crippen LogP contribution in [0.3, 0.4) is 0 Å². The van der Waals surface area contributed by atoms with Gasteiger partial charge in [0, 0.05) is 29.2 Å². The molecule has 0 radical (unpaired) electrons. The van der Waals surface area contributed by atoms with Crippen molar-refractivity contribution in [3.05, 3.63) is 36.0 Å². The number of likely N-dealkylation sites (tertiary alicyclic amines) is 1. The predicted molar refractivity (Wildman–Crippen MR) is 85.0 cm³/mol. The molecule has 0 aliphatic carbocycles. The summed E-state index contributed by atoms with van der Waals surface area (Å²) in [4.78, 5) is 17.8. The number of hydrogen-bond donors (Lipinski definition) is 2. The van der Waals surface area contributed by atoms with Gasteiger partial charge in [-0.1, -0.05) is 18.2 Å². The van der Waals surface area contributed by atoms with Crippen molar-refractivity contribution in [3.63, 3.8) is 0 Å². The number of fused-ring (bicyclic) bond motifs is 1. The summed E-state index contributed by atoms with van der Waals surface area (Å²) in [6.07, 6.45) is 4.67. The topological polar surface area (TPSA) is 62.1 Å². The van der Waals surface area contributed by atoms with Crippen LogP contribution in [0, 0.1) is 0 Å². The van der Waals surface area contributed by atoms with Crippen molar-refractivity contribution in [2.24, 2.45) is 5.73 Å². The largest absolute Gasteiger partial charge is 0.361 e. The van der Waals surface area contributed by atoms with Crippen LogP contribution in [0.5, 0.6) is 0 Å². The van der Waals surface area contributed by atoms with Crippen LogP contribution in [0.25, 0.3) is 10.9 Å². The minimum atomic E-state index is -0.471. The van der Waals surface area contributed by atoms with Crippen molar-refractivity contribution in [1.82, 2.24) is 9.88 Å². The number of nitrogens with one attached hydrogen (secondary N) is 1. The Morgan fingerprint density at radius 3 is 2.90 bits per heavy atom. The molecule has 4 nitrogen and oxygen atoms in total. The van der Waals surface area contributed by atoms with Crippen LogP contribution in [0.1, 0.15) is 32.3 Å². The van der Waals surface area contributed by atoms with E-state index in [1.54, 1.807) is 0 Å². The zero-order valence-electron chi connectivity index (χ0n) is 12.7. The van der Waals surface area contributed by atoms with E-state index in [0.29, 0.717) is 6.42 Å². The van der Waals surface area contributed by atoms with Gasteiger partial charge in [-0.2, -0.15) is 0 Å². The molecule has 0 spiro atoms. The van der Waals surface area contributed by atoms with Gasteiger partial charge in [-0.3, -0.25) is 4.79 Å². The molecule has 1 amide bonds. The van der Waals surface area contributed by atoms with Crippen molar-refractivity contribution in [2.75, 3.05) is 6.54 Å². The Morgan fingerprint density at radius 2 is 2.19 bits per heavy atom. The highest BCUT2D eigenvalue weighted by molar-refractivity contribution is 5.86. The molecule has 21 heavy (non-hydrogen) atoms. The zero-order valence-corrected chi connectivity index (χ0v) is 12.7. The number of nitrogens with zero attached hydrogens (tertiary/aromatic N) is 1. The maximum Gasteiger partial charge on any atom is 0.240 e. The number of nitrogens with two attached hydrogens (primary N) is 1. The zero-order chi connectivity index (χ0) is 15.0. The van der Waals surface area contributed by atoms with E-state index in [4.69, 9.17) is 5.73 Å². The first kappa shape index (κ1) is 14.1. The average molecular weight is 285 g/mol. The molecule has 0 unspecified atom stereocenters. The van der Waals surface area contributed by atoms with Crippen molar-refractivity contribution in [3.8, 4) is 0 Å². The summed E-state index contributed by atoms with van der Waals surface area (Å²) in [5.74, 6) is 0.0720. The van der Waals surface area contributed by atoms with Crippen LogP contribution >= 0.6 is 0 Å². The maximum absolute atomic E-state index is 12.6. The van der Waals surface area contributed by atoms with Gasteiger partial charge in [0.1, 0.15) is 0 Å². The van der Waals surface area contributed by atoms with Gasteiger partial charge in [0.2, 0.25) is 5.91 Å². The monoisotopic (exact) mass is 285 g/mol. The van der Waals surface area contributed by atoms with Gasteiger partial charge in [-0.25, -0.2) is 0 Å². The Kier molecular flexibility index (Phi) is 3.49. The molecule has 1 aliphatic heterocycles. The number of carbonyl (C=O) groups excluding carboxylic acids is 1. The van der Waals surface area contributed by atoms with Gasteiger partial charge in [0.05, 0.1) is 6.04 Å². The second-order valence-electron chi connectivity index (χ2n) is 6.58. The fraction of sp³-hybridized carbons (Fsp3) is 0.471. The average Bonchev–Trinajstić information content (AvgIpc) is 3.01. The first-order chi connectivity index (χ1) is 9.99. The lowest BCUT2D eigenvalue weighted by atomic mass is 10.00. The van der Waals surface area contributed by atoms with E-state index in [9.17, 15) is 4.79 Å². The summed E-state index contributed by atoms with van der Waals surface area (Å²) in [7, 11) is 0. The van der Waals surface area contributed by atoms with Gasteiger partial charge in [0.25, 0.3) is 0 Å². The van der Waals surface area contributed by atoms with Crippen LogP contribution in [0.2, 0.25) is 0 Å². The molecule has 1 saturated heterocycles. The van der Waals surface area contributed by atoms with E-state index in [1.807, 2.05) is 29.3 Å². The second kappa shape index (κ2) is 5.19. The molecule has 1 aliphatic rings. The lowest BCUT2D eigenvalue weighted by Crippen LogP contribution is -2.50. The number of benzene rings is 1. The Hall–Kier alpha value is -1.81. The van der Waals surface area contributed by atoms with Crippen LogP contribution in [0.15, 0.2) is 30.5 Å². The Labute approximate surface area is 125 Å². The Balaban J connectivity index is 1.77. The Bertz CT molecular complexity index is 659. The van der Waals surface area contributed by atoms with E-state index in [0.717, 1.165) is 35.9 Å². The van der Waals surface area contributed by atoms with E-state index >= 15 is 0 Å². The number of aromatic nitrogens is 1. The molecule has 112 valence electrons. The lowest BCUT2D eigenvalue weighted by molar-refractivity contribution is -0.135. The molecule has 2 aromatic rings. The number of carbonyl (C=O) groups is 1. The first-order valence-corrected chi connectivity index (χ1v) is 7.61. The van der Waals surface area contributed by atoms with Crippen molar-refractivity contribution >= 4 is 16.8 Å². The van der Waals surface area contributed by atoms with Crippen molar-refractivity contribution in [1.29, 1.82) is 0 Å². The number of amides is 1. The summed E-state index contributed by atoms with van der Waals surface area (Å²) in [5.41, 5.74) is 8.34. The van der Waals surface area contributed by atoms with E-state index in [1.165, 1.54) is 0 Å². The molecular weight excluding hydrogens is 262 g/mol. The fourth-order valence-corrected chi connectivity index (χ4v) is 3.34. The molecule has 1 atom stereocenters. The molecular formula is C17H23N3O. The normalized spacial score (nSPS) is 19.1. The number of rotatable bonds is 3. The SMILES string of the molecule is CC1(C)CCCN1C(=O)[C@@H](N)Cc1c[nH]c2ccccc12. The highest BCUT2D eigenvalue weighted by Gasteiger charge is 2.37. The number of para-hydroxylation sites is 1. The minimum absolute atomic E-state index is 0.0606. The molecule has 0 bridgehead atoms. The Morgan fingerprint density at radius 1 is 1.43 bits per heavy atom. The van der Waals surface area contributed by atoms with E-state index < -0.39 is 6.04 Å². The van der Waals surface area contributed by atoms with Crippen molar-refractivity contribution in [2.45, 2.75) is 44.7 Å². The fourth-order valence-electron chi connectivity index (χ4n) is 3.34. The van der Waals surface area contributed by atoms with E-state index in [2.05, 4.69) is 24.9 Å². The van der Waals surface area contributed by atoms with Crippen LogP contribution in [-0.4, -0.2) is 33.9 Å². The summed E-state index contributed by atoms with van der Waals surface area (Å²) in [5, 5.41) is 1.15. The molecule has 4 heteroatoms.